The number of benzene rings is 1. The molecular weight excluding hydrogens is 326 g/mol. The standard InChI is InChI=1S/C20H27N5O/c1-5-11-24(4)19-23-17-16(25(19)13-20(2,3)26)12-15(22-18(17)21)14-9-7-6-8-10-14/h6-10,12,26H,5,11,13H2,1-4H3,(H2,21,22). The van der Waals surface area contributed by atoms with E-state index in [-0.39, 0.29) is 0 Å². The van der Waals surface area contributed by atoms with Crippen LogP contribution in [-0.2, 0) is 6.54 Å². The van der Waals surface area contributed by atoms with Crippen LogP contribution in [0.5, 0.6) is 0 Å². The van der Waals surface area contributed by atoms with Gasteiger partial charge in [0, 0.05) is 19.2 Å². The van der Waals surface area contributed by atoms with Crippen molar-refractivity contribution >= 4 is 22.8 Å². The van der Waals surface area contributed by atoms with Crippen molar-refractivity contribution in [2.45, 2.75) is 39.3 Å². The molecule has 0 bridgehead atoms. The Morgan fingerprint density at radius 1 is 1.19 bits per heavy atom. The van der Waals surface area contributed by atoms with Gasteiger partial charge in [-0.1, -0.05) is 37.3 Å². The largest absolute Gasteiger partial charge is 0.389 e. The van der Waals surface area contributed by atoms with Gasteiger partial charge in [-0.15, -0.1) is 0 Å². The lowest BCUT2D eigenvalue weighted by molar-refractivity contribution is 0.0630. The van der Waals surface area contributed by atoms with E-state index < -0.39 is 5.60 Å². The number of nitrogen functional groups attached to an aromatic ring is 1. The zero-order chi connectivity index (χ0) is 18.9. The van der Waals surface area contributed by atoms with Gasteiger partial charge in [-0.2, -0.15) is 0 Å². The summed E-state index contributed by atoms with van der Waals surface area (Å²) in [5.41, 5.74) is 8.73. The highest BCUT2D eigenvalue weighted by molar-refractivity contribution is 5.90. The lowest BCUT2D eigenvalue weighted by Gasteiger charge is -2.24. The summed E-state index contributed by atoms with van der Waals surface area (Å²) in [7, 11) is 2.01. The SMILES string of the molecule is CCCN(C)c1nc2c(N)nc(-c3ccccc3)cc2n1CC(C)(C)O. The van der Waals surface area contributed by atoms with E-state index in [4.69, 9.17) is 10.7 Å². The van der Waals surface area contributed by atoms with Crippen molar-refractivity contribution < 1.29 is 5.11 Å². The van der Waals surface area contributed by atoms with Crippen LogP contribution in [0, 0.1) is 0 Å². The van der Waals surface area contributed by atoms with Crippen LogP contribution in [0.4, 0.5) is 11.8 Å². The fourth-order valence-corrected chi connectivity index (χ4v) is 3.16. The van der Waals surface area contributed by atoms with Crippen LogP contribution in [0.1, 0.15) is 27.2 Å². The average molecular weight is 353 g/mol. The van der Waals surface area contributed by atoms with Crippen molar-refractivity contribution in [2.24, 2.45) is 0 Å². The number of aromatic nitrogens is 3. The predicted octanol–water partition coefficient (Wildman–Crippen LogP) is 3.30. The molecule has 2 heterocycles. The van der Waals surface area contributed by atoms with Gasteiger partial charge in [0.2, 0.25) is 5.95 Å². The van der Waals surface area contributed by atoms with E-state index in [1.807, 2.05) is 48.0 Å². The molecule has 138 valence electrons. The molecule has 0 saturated heterocycles. The van der Waals surface area contributed by atoms with Gasteiger partial charge in [0.1, 0.15) is 5.52 Å². The Hall–Kier alpha value is -2.60. The third-order valence-corrected chi connectivity index (χ3v) is 4.26. The molecule has 6 heteroatoms. The maximum atomic E-state index is 10.4. The molecule has 0 aliphatic carbocycles. The Kier molecular flexibility index (Phi) is 4.87. The van der Waals surface area contributed by atoms with E-state index >= 15 is 0 Å². The number of imidazole rings is 1. The normalized spacial score (nSPS) is 11.9. The Labute approximate surface area is 154 Å². The third kappa shape index (κ3) is 3.65. The molecule has 0 fully saturated rings. The van der Waals surface area contributed by atoms with Gasteiger partial charge in [-0.3, -0.25) is 0 Å². The molecule has 0 aliphatic heterocycles. The summed E-state index contributed by atoms with van der Waals surface area (Å²) in [4.78, 5) is 11.4. The van der Waals surface area contributed by atoms with Crippen molar-refractivity contribution in [2.75, 3.05) is 24.2 Å². The number of rotatable bonds is 6. The quantitative estimate of drug-likeness (QED) is 0.711. The second-order valence-electron chi connectivity index (χ2n) is 7.36. The zero-order valence-corrected chi connectivity index (χ0v) is 15.9. The van der Waals surface area contributed by atoms with Gasteiger partial charge in [0.25, 0.3) is 0 Å². The molecule has 3 rings (SSSR count). The molecule has 0 atom stereocenters. The molecule has 26 heavy (non-hydrogen) atoms. The number of hydrogen-bond donors (Lipinski definition) is 2. The van der Waals surface area contributed by atoms with Crippen LogP contribution in [-0.4, -0.2) is 38.8 Å². The van der Waals surface area contributed by atoms with E-state index in [0.29, 0.717) is 17.9 Å². The highest BCUT2D eigenvalue weighted by Gasteiger charge is 2.23. The summed E-state index contributed by atoms with van der Waals surface area (Å²) in [6.07, 6.45) is 1.01. The molecule has 2 aromatic heterocycles. The van der Waals surface area contributed by atoms with E-state index in [0.717, 1.165) is 35.7 Å². The lowest BCUT2D eigenvalue weighted by Crippen LogP contribution is -2.29. The first-order chi connectivity index (χ1) is 12.3. The van der Waals surface area contributed by atoms with Gasteiger partial charge in [-0.05, 0) is 26.3 Å². The fourth-order valence-electron chi connectivity index (χ4n) is 3.16. The molecular formula is C20H27N5O. The van der Waals surface area contributed by atoms with Gasteiger partial charge in [0.15, 0.2) is 5.82 Å². The molecule has 0 radical (unpaired) electrons. The fraction of sp³-hybridized carbons (Fsp3) is 0.400. The highest BCUT2D eigenvalue weighted by Crippen LogP contribution is 2.30. The lowest BCUT2D eigenvalue weighted by atomic mass is 10.1. The second kappa shape index (κ2) is 6.96. The summed E-state index contributed by atoms with van der Waals surface area (Å²) in [6.45, 7) is 7.01. The number of nitrogens with zero attached hydrogens (tertiary/aromatic N) is 4. The summed E-state index contributed by atoms with van der Waals surface area (Å²) in [5, 5.41) is 10.4. The van der Waals surface area contributed by atoms with Gasteiger partial charge in [0.05, 0.1) is 23.4 Å². The zero-order valence-electron chi connectivity index (χ0n) is 15.9. The molecule has 1 aromatic carbocycles. The molecule has 6 nitrogen and oxygen atoms in total. The Morgan fingerprint density at radius 3 is 2.50 bits per heavy atom. The van der Waals surface area contributed by atoms with E-state index in [9.17, 15) is 5.11 Å². The van der Waals surface area contributed by atoms with Crippen LogP contribution >= 0.6 is 0 Å². The molecule has 0 unspecified atom stereocenters. The van der Waals surface area contributed by atoms with Crippen LogP contribution in [0.2, 0.25) is 0 Å². The monoisotopic (exact) mass is 353 g/mol. The number of hydrogen-bond acceptors (Lipinski definition) is 5. The van der Waals surface area contributed by atoms with Crippen molar-refractivity contribution in [1.82, 2.24) is 14.5 Å². The number of anilines is 2. The first-order valence-corrected chi connectivity index (χ1v) is 8.96. The molecule has 3 aromatic rings. The predicted molar refractivity (Wildman–Crippen MR) is 107 cm³/mol. The first kappa shape index (κ1) is 18.2. The van der Waals surface area contributed by atoms with Crippen LogP contribution in [0.3, 0.4) is 0 Å². The Morgan fingerprint density at radius 2 is 1.88 bits per heavy atom. The minimum absolute atomic E-state index is 0.405. The topological polar surface area (TPSA) is 80.2 Å². The Bertz CT molecular complexity index is 896. The summed E-state index contributed by atoms with van der Waals surface area (Å²) >= 11 is 0. The maximum absolute atomic E-state index is 10.4. The van der Waals surface area contributed by atoms with Gasteiger partial charge >= 0.3 is 0 Å². The summed E-state index contributed by atoms with van der Waals surface area (Å²) in [5.74, 6) is 1.20. The number of pyridine rings is 1. The third-order valence-electron chi connectivity index (χ3n) is 4.26. The van der Waals surface area contributed by atoms with Gasteiger partial charge < -0.3 is 20.3 Å². The van der Waals surface area contributed by atoms with Crippen LogP contribution in [0.15, 0.2) is 36.4 Å². The summed E-state index contributed by atoms with van der Waals surface area (Å²) in [6, 6.07) is 11.9. The van der Waals surface area contributed by atoms with Crippen molar-refractivity contribution in [3.8, 4) is 11.3 Å². The molecule has 0 amide bonds. The van der Waals surface area contributed by atoms with Crippen molar-refractivity contribution in [3.05, 3.63) is 36.4 Å². The molecule has 0 aliphatic rings. The molecule has 3 N–H and O–H groups in total. The minimum atomic E-state index is -0.875. The van der Waals surface area contributed by atoms with E-state index in [1.165, 1.54) is 0 Å². The Balaban J connectivity index is 2.22. The first-order valence-electron chi connectivity index (χ1n) is 8.96. The number of aliphatic hydroxyl groups is 1. The minimum Gasteiger partial charge on any atom is -0.389 e. The molecule has 0 saturated carbocycles. The van der Waals surface area contributed by atoms with Crippen LogP contribution in [0.25, 0.3) is 22.3 Å². The van der Waals surface area contributed by atoms with Gasteiger partial charge in [-0.25, -0.2) is 9.97 Å². The summed E-state index contributed by atoms with van der Waals surface area (Å²) < 4.78 is 2.04. The second-order valence-corrected chi connectivity index (χ2v) is 7.36. The van der Waals surface area contributed by atoms with Crippen LogP contribution < -0.4 is 10.6 Å². The van der Waals surface area contributed by atoms with Crippen molar-refractivity contribution in [3.63, 3.8) is 0 Å². The average Bonchev–Trinajstić information content (AvgIpc) is 2.93. The molecule has 0 spiro atoms. The van der Waals surface area contributed by atoms with E-state index in [1.54, 1.807) is 13.8 Å². The highest BCUT2D eigenvalue weighted by atomic mass is 16.3. The van der Waals surface area contributed by atoms with E-state index in [2.05, 4.69) is 16.8 Å². The van der Waals surface area contributed by atoms with Crippen molar-refractivity contribution in [1.29, 1.82) is 0 Å². The smallest absolute Gasteiger partial charge is 0.206 e. The number of fused-ring (bicyclic) bond motifs is 1. The maximum Gasteiger partial charge on any atom is 0.206 e. The number of nitrogens with two attached hydrogens (primary N) is 1.